The fraction of sp³-hybridized carbons (Fsp3) is 0.414. The zero-order valence-electron chi connectivity index (χ0n) is 22.0. The number of hydrogen-bond acceptors (Lipinski definition) is 8. The lowest BCUT2D eigenvalue weighted by atomic mass is 10.0. The number of benzene rings is 2. The van der Waals surface area contributed by atoms with E-state index in [9.17, 15) is 4.79 Å². The minimum absolute atomic E-state index is 0.0577. The molecule has 0 radical (unpaired) electrons. The van der Waals surface area contributed by atoms with E-state index in [4.69, 9.17) is 14.7 Å². The standard InChI is InChI=1S/C29H35N5O2S/c1-19(2)27(29(35)36-4)32-28-22-10-5-7-11-23(22)30-26(31-28)18-34-15-13-33(14-16-34)17-25-20(3)21-9-6-8-12-24(21)37-25/h5-12,19,27H,13-18H2,1-4H3,(H,30,31,32)/t27-/m0/s1. The van der Waals surface area contributed by atoms with Crippen LogP contribution >= 0.6 is 11.3 Å². The Balaban J connectivity index is 1.27. The molecular weight excluding hydrogens is 482 g/mol. The van der Waals surface area contributed by atoms with Gasteiger partial charge in [0.15, 0.2) is 0 Å². The number of thiophene rings is 1. The van der Waals surface area contributed by atoms with Gasteiger partial charge in [-0.15, -0.1) is 11.3 Å². The summed E-state index contributed by atoms with van der Waals surface area (Å²) < 4.78 is 6.40. The van der Waals surface area contributed by atoms with E-state index >= 15 is 0 Å². The van der Waals surface area contributed by atoms with Crippen LogP contribution in [0.5, 0.6) is 0 Å². The van der Waals surface area contributed by atoms with Gasteiger partial charge in [-0.05, 0) is 42.0 Å². The number of aryl methyl sites for hydroxylation is 1. The van der Waals surface area contributed by atoms with Crippen LogP contribution < -0.4 is 5.32 Å². The van der Waals surface area contributed by atoms with E-state index in [1.165, 1.54) is 27.6 Å². The molecule has 37 heavy (non-hydrogen) atoms. The second-order valence-electron chi connectivity index (χ2n) is 10.1. The molecule has 4 aromatic rings. The van der Waals surface area contributed by atoms with E-state index in [1.54, 1.807) is 0 Å². The van der Waals surface area contributed by atoms with Crippen molar-refractivity contribution in [2.75, 3.05) is 38.6 Å². The highest BCUT2D eigenvalue weighted by molar-refractivity contribution is 7.19. The van der Waals surface area contributed by atoms with Crippen LogP contribution in [-0.2, 0) is 22.6 Å². The van der Waals surface area contributed by atoms with Gasteiger partial charge in [-0.25, -0.2) is 14.8 Å². The maximum atomic E-state index is 12.4. The SMILES string of the molecule is COC(=O)[C@@H](Nc1nc(CN2CCN(Cc3sc4ccccc4c3C)CC2)nc2ccccc12)C(C)C. The number of nitrogens with one attached hydrogen (secondary N) is 1. The molecule has 1 atom stereocenters. The fourth-order valence-corrected chi connectivity index (χ4v) is 6.22. The molecule has 1 saturated heterocycles. The minimum atomic E-state index is -0.475. The second-order valence-corrected chi connectivity index (χ2v) is 11.2. The molecule has 1 N–H and O–H groups in total. The highest BCUT2D eigenvalue weighted by atomic mass is 32.1. The van der Waals surface area contributed by atoms with Gasteiger partial charge in [0.05, 0.1) is 19.2 Å². The highest BCUT2D eigenvalue weighted by Gasteiger charge is 2.25. The Morgan fingerprint density at radius 1 is 0.973 bits per heavy atom. The number of hydrogen-bond donors (Lipinski definition) is 1. The Morgan fingerprint density at radius 3 is 2.30 bits per heavy atom. The molecule has 1 fully saturated rings. The van der Waals surface area contributed by atoms with E-state index in [0.29, 0.717) is 12.4 Å². The van der Waals surface area contributed by atoms with Gasteiger partial charge in [0.2, 0.25) is 0 Å². The van der Waals surface area contributed by atoms with E-state index in [2.05, 4.69) is 46.3 Å². The molecule has 0 bridgehead atoms. The summed E-state index contributed by atoms with van der Waals surface area (Å²) in [6.07, 6.45) is 0. The van der Waals surface area contributed by atoms with Crippen LogP contribution in [-0.4, -0.2) is 65.1 Å². The Bertz CT molecular complexity index is 1390. The monoisotopic (exact) mass is 517 g/mol. The van der Waals surface area contributed by atoms with Gasteiger partial charge >= 0.3 is 5.97 Å². The molecule has 7 nitrogen and oxygen atoms in total. The summed E-state index contributed by atoms with van der Waals surface area (Å²) in [4.78, 5) is 28.5. The molecule has 1 aliphatic rings. The number of para-hydroxylation sites is 1. The van der Waals surface area contributed by atoms with Crippen LogP contribution in [0, 0.1) is 12.8 Å². The number of piperazine rings is 1. The van der Waals surface area contributed by atoms with E-state index in [1.807, 2.05) is 49.4 Å². The van der Waals surface area contributed by atoms with Gasteiger partial charge in [0, 0.05) is 47.7 Å². The number of rotatable bonds is 8. The Labute approximate surface area is 222 Å². The molecule has 0 unspecified atom stereocenters. The Kier molecular flexibility index (Phi) is 7.69. The lowest BCUT2D eigenvalue weighted by molar-refractivity contribution is -0.142. The molecule has 8 heteroatoms. The number of esters is 1. The third-order valence-electron chi connectivity index (χ3n) is 7.20. The van der Waals surface area contributed by atoms with Gasteiger partial charge in [-0.3, -0.25) is 9.80 Å². The number of carbonyl (C=O) groups excluding carboxylic acids is 1. The summed E-state index contributed by atoms with van der Waals surface area (Å²) in [5.74, 6) is 1.22. The molecule has 0 amide bonds. The van der Waals surface area contributed by atoms with E-state index in [-0.39, 0.29) is 11.9 Å². The lowest BCUT2D eigenvalue weighted by Crippen LogP contribution is -2.45. The number of aromatic nitrogens is 2. The van der Waals surface area contributed by atoms with E-state index < -0.39 is 6.04 Å². The summed E-state index contributed by atoms with van der Waals surface area (Å²) in [6.45, 7) is 11.9. The molecule has 0 saturated carbocycles. The van der Waals surface area contributed by atoms with Crippen LogP contribution in [0.4, 0.5) is 5.82 Å². The molecule has 5 rings (SSSR count). The Morgan fingerprint density at radius 2 is 1.62 bits per heavy atom. The predicted octanol–water partition coefficient (Wildman–Crippen LogP) is 5.08. The van der Waals surface area contributed by atoms with Crippen molar-refractivity contribution in [2.24, 2.45) is 5.92 Å². The van der Waals surface area contributed by atoms with Crippen molar-refractivity contribution in [3.05, 3.63) is 64.8 Å². The number of fused-ring (bicyclic) bond motifs is 2. The maximum absolute atomic E-state index is 12.4. The number of nitrogens with zero attached hydrogens (tertiary/aromatic N) is 4. The molecule has 2 aromatic heterocycles. The molecule has 3 heterocycles. The maximum Gasteiger partial charge on any atom is 0.328 e. The van der Waals surface area contributed by atoms with Crippen molar-refractivity contribution in [1.82, 2.24) is 19.8 Å². The van der Waals surface area contributed by atoms with Crippen LogP contribution in [0.1, 0.15) is 30.1 Å². The van der Waals surface area contributed by atoms with Gasteiger partial charge < -0.3 is 10.1 Å². The van der Waals surface area contributed by atoms with Crippen LogP contribution in [0.25, 0.3) is 21.0 Å². The zero-order chi connectivity index (χ0) is 25.9. The van der Waals surface area contributed by atoms with Crippen molar-refractivity contribution in [2.45, 2.75) is 39.9 Å². The first-order chi connectivity index (χ1) is 17.9. The average molecular weight is 518 g/mol. The van der Waals surface area contributed by atoms with Gasteiger partial charge in [-0.1, -0.05) is 44.2 Å². The predicted molar refractivity (Wildman–Crippen MR) is 151 cm³/mol. The number of methoxy groups -OCH3 is 1. The topological polar surface area (TPSA) is 70.6 Å². The molecular formula is C29H35N5O2S. The summed E-state index contributed by atoms with van der Waals surface area (Å²) in [7, 11) is 1.42. The van der Waals surface area contributed by atoms with Crippen molar-refractivity contribution >= 4 is 44.1 Å². The first-order valence-electron chi connectivity index (χ1n) is 12.9. The summed E-state index contributed by atoms with van der Waals surface area (Å²) >= 11 is 1.92. The normalized spacial score (nSPS) is 15.9. The quantitative estimate of drug-likeness (QED) is 0.327. The number of carbonyl (C=O) groups is 1. The summed E-state index contributed by atoms with van der Waals surface area (Å²) in [5, 5.41) is 5.64. The van der Waals surface area contributed by atoms with Crippen molar-refractivity contribution < 1.29 is 9.53 Å². The first-order valence-corrected chi connectivity index (χ1v) is 13.8. The van der Waals surface area contributed by atoms with Crippen molar-refractivity contribution in [3.63, 3.8) is 0 Å². The molecule has 0 spiro atoms. The summed E-state index contributed by atoms with van der Waals surface area (Å²) in [6, 6.07) is 16.2. The number of ether oxygens (including phenoxy) is 1. The van der Waals surface area contributed by atoms with Gasteiger partial charge in [0.25, 0.3) is 0 Å². The molecule has 0 aliphatic carbocycles. The van der Waals surface area contributed by atoms with Gasteiger partial charge in [0.1, 0.15) is 17.7 Å². The van der Waals surface area contributed by atoms with Crippen molar-refractivity contribution in [3.8, 4) is 0 Å². The Hall–Kier alpha value is -3.07. The smallest absolute Gasteiger partial charge is 0.328 e. The zero-order valence-corrected chi connectivity index (χ0v) is 22.8. The van der Waals surface area contributed by atoms with Crippen LogP contribution in [0.15, 0.2) is 48.5 Å². The van der Waals surface area contributed by atoms with Crippen LogP contribution in [0.3, 0.4) is 0 Å². The molecule has 2 aromatic carbocycles. The largest absolute Gasteiger partial charge is 0.467 e. The third kappa shape index (κ3) is 5.61. The third-order valence-corrected chi connectivity index (χ3v) is 8.46. The first kappa shape index (κ1) is 25.6. The lowest BCUT2D eigenvalue weighted by Gasteiger charge is -2.34. The number of anilines is 1. The molecule has 1 aliphatic heterocycles. The molecule has 194 valence electrons. The van der Waals surface area contributed by atoms with Gasteiger partial charge in [-0.2, -0.15) is 0 Å². The highest BCUT2D eigenvalue weighted by Crippen LogP contribution is 2.31. The second kappa shape index (κ2) is 11.1. The van der Waals surface area contributed by atoms with E-state index in [0.717, 1.165) is 49.5 Å². The summed E-state index contributed by atoms with van der Waals surface area (Å²) in [5.41, 5.74) is 2.29. The minimum Gasteiger partial charge on any atom is -0.467 e. The van der Waals surface area contributed by atoms with Crippen molar-refractivity contribution in [1.29, 1.82) is 0 Å². The van der Waals surface area contributed by atoms with Crippen LogP contribution in [0.2, 0.25) is 0 Å². The fourth-order valence-electron chi connectivity index (χ4n) is 4.96. The average Bonchev–Trinajstić information content (AvgIpc) is 3.22.